The average molecular weight is 239 g/mol. The third-order valence-corrected chi connectivity index (χ3v) is 2.54. The summed E-state index contributed by atoms with van der Waals surface area (Å²) in [6, 6.07) is 5.89. The molecule has 1 aromatic rings. The third kappa shape index (κ3) is 4.63. The molecule has 1 aromatic carbocycles. The van der Waals surface area contributed by atoms with Crippen molar-refractivity contribution >= 4 is 0 Å². The number of hydrogen-bond donors (Lipinski definition) is 2. The monoisotopic (exact) mass is 239 g/mol. The Labute approximate surface area is 103 Å². The van der Waals surface area contributed by atoms with Crippen LogP contribution < -0.4 is 14.8 Å². The van der Waals surface area contributed by atoms with Crippen molar-refractivity contribution in [2.45, 2.75) is 19.4 Å². The molecule has 0 radical (unpaired) electrons. The van der Waals surface area contributed by atoms with Gasteiger partial charge in [0.25, 0.3) is 0 Å². The van der Waals surface area contributed by atoms with Crippen LogP contribution in [-0.4, -0.2) is 32.5 Å². The van der Waals surface area contributed by atoms with Crippen LogP contribution in [0.5, 0.6) is 11.5 Å². The van der Waals surface area contributed by atoms with Gasteiger partial charge >= 0.3 is 0 Å². The number of benzene rings is 1. The van der Waals surface area contributed by atoms with E-state index in [0.29, 0.717) is 0 Å². The topological polar surface area (TPSA) is 50.7 Å². The van der Waals surface area contributed by atoms with Gasteiger partial charge in [0, 0.05) is 13.2 Å². The van der Waals surface area contributed by atoms with Crippen LogP contribution in [0.15, 0.2) is 18.2 Å². The van der Waals surface area contributed by atoms with Crippen molar-refractivity contribution in [3.63, 3.8) is 0 Å². The molecule has 0 fully saturated rings. The number of aliphatic hydroxyl groups is 1. The first-order chi connectivity index (χ1) is 8.31. The highest BCUT2D eigenvalue weighted by atomic mass is 16.5. The Hall–Kier alpha value is -1.26. The predicted octanol–water partition coefficient (Wildman–Crippen LogP) is 1.57. The summed E-state index contributed by atoms with van der Waals surface area (Å²) in [5.74, 6) is 1.50. The van der Waals surface area contributed by atoms with E-state index in [2.05, 4.69) is 5.32 Å². The quantitative estimate of drug-likeness (QED) is 0.676. The van der Waals surface area contributed by atoms with Gasteiger partial charge in [-0.3, -0.25) is 0 Å². The third-order valence-electron chi connectivity index (χ3n) is 2.54. The van der Waals surface area contributed by atoms with Crippen LogP contribution in [0.25, 0.3) is 0 Å². The highest BCUT2D eigenvalue weighted by molar-refractivity contribution is 5.42. The van der Waals surface area contributed by atoms with Crippen LogP contribution in [0, 0.1) is 0 Å². The molecule has 0 aliphatic rings. The zero-order valence-electron chi connectivity index (χ0n) is 10.5. The molecule has 0 aliphatic heterocycles. The van der Waals surface area contributed by atoms with Gasteiger partial charge in [-0.25, -0.2) is 0 Å². The van der Waals surface area contributed by atoms with Gasteiger partial charge in [0.05, 0.1) is 14.2 Å². The second kappa shape index (κ2) is 7.92. The Morgan fingerprint density at radius 1 is 1.12 bits per heavy atom. The van der Waals surface area contributed by atoms with Crippen molar-refractivity contribution in [1.82, 2.24) is 5.32 Å². The Morgan fingerprint density at radius 3 is 2.53 bits per heavy atom. The Kier molecular flexibility index (Phi) is 6.43. The first-order valence-electron chi connectivity index (χ1n) is 5.84. The molecule has 1 rings (SSSR count). The van der Waals surface area contributed by atoms with Crippen molar-refractivity contribution in [2.75, 3.05) is 27.4 Å². The molecule has 0 saturated carbocycles. The summed E-state index contributed by atoms with van der Waals surface area (Å²) in [4.78, 5) is 0. The first-order valence-corrected chi connectivity index (χ1v) is 5.84. The lowest BCUT2D eigenvalue weighted by Gasteiger charge is -2.10. The molecule has 0 amide bonds. The highest BCUT2D eigenvalue weighted by Crippen LogP contribution is 2.27. The number of methoxy groups -OCH3 is 2. The Bertz CT molecular complexity index is 328. The van der Waals surface area contributed by atoms with E-state index >= 15 is 0 Å². The van der Waals surface area contributed by atoms with Gasteiger partial charge in [-0.15, -0.1) is 0 Å². The van der Waals surface area contributed by atoms with Crippen molar-refractivity contribution in [1.29, 1.82) is 0 Å². The fourth-order valence-electron chi connectivity index (χ4n) is 1.59. The summed E-state index contributed by atoms with van der Waals surface area (Å²) < 4.78 is 10.4. The van der Waals surface area contributed by atoms with Gasteiger partial charge in [0.2, 0.25) is 0 Å². The second-order valence-corrected chi connectivity index (χ2v) is 3.80. The van der Waals surface area contributed by atoms with Gasteiger partial charge in [0.15, 0.2) is 11.5 Å². The van der Waals surface area contributed by atoms with E-state index in [-0.39, 0.29) is 6.61 Å². The lowest BCUT2D eigenvalue weighted by atomic mass is 10.2. The lowest BCUT2D eigenvalue weighted by Crippen LogP contribution is -2.15. The SMILES string of the molecule is COc1ccc(CNCCCCO)cc1OC. The molecular weight excluding hydrogens is 218 g/mol. The summed E-state index contributed by atoms with van der Waals surface area (Å²) in [6.07, 6.45) is 1.84. The summed E-state index contributed by atoms with van der Waals surface area (Å²) in [5, 5.41) is 12.0. The molecule has 17 heavy (non-hydrogen) atoms. The molecule has 2 N–H and O–H groups in total. The zero-order chi connectivity index (χ0) is 12.5. The molecule has 0 spiro atoms. The smallest absolute Gasteiger partial charge is 0.161 e. The van der Waals surface area contributed by atoms with Gasteiger partial charge in [-0.2, -0.15) is 0 Å². The number of unbranched alkanes of at least 4 members (excludes halogenated alkanes) is 1. The van der Waals surface area contributed by atoms with E-state index in [0.717, 1.165) is 43.0 Å². The predicted molar refractivity (Wildman–Crippen MR) is 67.6 cm³/mol. The second-order valence-electron chi connectivity index (χ2n) is 3.80. The van der Waals surface area contributed by atoms with Crippen molar-refractivity contribution in [3.05, 3.63) is 23.8 Å². The molecule has 0 aromatic heterocycles. The average Bonchev–Trinajstić information content (AvgIpc) is 2.38. The Balaban J connectivity index is 2.43. The maximum atomic E-state index is 8.65. The summed E-state index contributed by atoms with van der Waals surface area (Å²) in [6.45, 7) is 1.97. The number of ether oxygens (including phenoxy) is 2. The molecular formula is C13H21NO3. The highest BCUT2D eigenvalue weighted by Gasteiger charge is 2.03. The summed E-state index contributed by atoms with van der Waals surface area (Å²) >= 11 is 0. The maximum absolute atomic E-state index is 8.65. The number of hydrogen-bond acceptors (Lipinski definition) is 4. The molecule has 96 valence electrons. The number of rotatable bonds is 8. The fraction of sp³-hybridized carbons (Fsp3) is 0.538. The summed E-state index contributed by atoms with van der Waals surface area (Å²) in [5.41, 5.74) is 1.16. The standard InChI is InChI=1S/C13H21NO3/c1-16-12-6-5-11(9-13(12)17-2)10-14-7-3-4-8-15/h5-6,9,14-15H,3-4,7-8,10H2,1-2H3. The molecule has 0 unspecified atom stereocenters. The molecule has 0 bridgehead atoms. The number of aliphatic hydroxyl groups excluding tert-OH is 1. The minimum Gasteiger partial charge on any atom is -0.493 e. The van der Waals surface area contributed by atoms with E-state index < -0.39 is 0 Å². The van der Waals surface area contributed by atoms with Gasteiger partial charge in [-0.1, -0.05) is 6.07 Å². The Morgan fingerprint density at radius 2 is 1.88 bits per heavy atom. The largest absolute Gasteiger partial charge is 0.493 e. The lowest BCUT2D eigenvalue weighted by molar-refractivity contribution is 0.283. The van der Waals surface area contributed by atoms with Crippen LogP contribution >= 0.6 is 0 Å². The molecule has 4 heteroatoms. The molecule has 4 nitrogen and oxygen atoms in total. The van der Waals surface area contributed by atoms with Crippen molar-refractivity contribution in [3.8, 4) is 11.5 Å². The zero-order valence-corrected chi connectivity index (χ0v) is 10.5. The van der Waals surface area contributed by atoms with Gasteiger partial charge < -0.3 is 19.9 Å². The van der Waals surface area contributed by atoms with E-state index in [1.807, 2.05) is 18.2 Å². The van der Waals surface area contributed by atoms with Crippen molar-refractivity contribution < 1.29 is 14.6 Å². The van der Waals surface area contributed by atoms with E-state index in [9.17, 15) is 0 Å². The fourth-order valence-corrected chi connectivity index (χ4v) is 1.59. The molecule has 0 saturated heterocycles. The van der Waals surface area contributed by atoms with Crippen LogP contribution in [-0.2, 0) is 6.54 Å². The van der Waals surface area contributed by atoms with E-state index in [4.69, 9.17) is 14.6 Å². The van der Waals surface area contributed by atoms with E-state index in [1.54, 1.807) is 14.2 Å². The minimum absolute atomic E-state index is 0.262. The van der Waals surface area contributed by atoms with Crippen LogP contribution in [0.4, 0.5) is 0 Å². The normalized spacial score (nSPS) is 10.3. The van der Waals surface area contributed by atoms with Crippen LogP contribution in [0.3, 0.4) is 0 Å². The van der Waals surface area contributed by atoms with Gasteiger partial charge in [-0.05, 0) is 37.1 Å². The van der Waals surface area contributed by atoms with Gasteiger partial charge in [0.1, 0.15) is 0 Å². The van der Waals surface area contributed by atoms with Crippen LogP contribution in [0.2, 0.25) is 0 Å². The molecule has 0 heterocycles. The summed E-state index contributed by atoms with van der Waals surface area (Å²) in [7, 11) is 3.26. The maximum Gasteiger partial charge on any atom is 0.161 e. The van der Waals surface area contributed by atoms with E-state index in [1.165, 1.54) is 0 Å². The van der Waals surface area contributed by atoms with Crippen LogP contribution in [0.1, 0.15) is 18.4 Å². The molecule has 0 aliphatic carbocycles. The molecule has 0 atom stereocenters. The number of nitrogens with one attached hydrogen (secondary N) is 1. The minimum atomic E-state index is 0.262. The first kappa shape index (κ1) is 13.8. The van der Waals surface area contributed by atoms with Crippen molar-refractivity contribution in [2.24, 2.45) is 0 Å².